The van der Waals surface area contributed by atoms with Gasteiger partial charge in [-0.3, -0.25) is 4.79 Å². The summed E-state index contributed by atoms with van der Waals surface area (Å²) in [4.78, 5) is 23.3. The van der Waals surface area contributed by atoms with E-state index in [-0.39, 0.29) is 24.9 Å². The van der Waals surface area contributed by atoms with E-state index in [1.165, 1.54) is 0 Å². The third-order valence-electron chi connectivity index (χ3n) is 2.99. The summed E-state index contributed by atoms with van der Waals surface area (Å²) in [6.07, 6.45) is 0.276. The second kappa shape index (κ2) is 8.35. The number of alkyl carbamates (subject to hydrolysis) is 1. The van der Waals surface area contributed by atoms with Gasteiger partial charge in [-0.05, 0) is 17.9 Å². The summed E-state index contributed by atoms with van der Waals surface area (Å²) in [5, 5.41) is 2.50. The van der Waals surface area contributed by atoms with E-state index in [9.17, 15) is 9.59 Å². The van der Waals surface area contributed by atoms with Crippen LogP contribution < -0.4 is 5.32 Å². The maximum atomic E-state index is 11.8. The Hall–Kier alpha value is -1.84. The molecular formula is C16H23NO3. The number of Topliss-reactive ketones (excluding diaryl/α,β-unsaturated/α-hetero) is 1. The molecule has 1 aromatic rings. The van der Waals surface area contributed by atoms with Gasteiger partial charge in [0.25, 0.3) is 0 Å². The quantitative estimate of drug-likeness (QED) is 0.833. The number of benzene rings is 1. The molecule has 0 fully saturated rings. The van der Waals surface area contributed by atoms with Crippen molar-refractivity contribution < 1.29 is 14.3 Å². The molecule has 0 spiro atoms. The molecule has 1 atom stereocenters. The Balaban J connectivity index is 2.24. The number of ketones is 1. The van der Waals surface area contributed by atoms with E-state index < -0.39 is 6.09 Å². The number of hydrogen-bond acceptors (Lipinski definition) is 3. The molecule has 0 radical (unpaired) electrons. The van der Waals surface area contributed by atoms with Gasteiger partial charge < -0.3 is 10.1 Å². The highest BCUT2D eigenvalue weighted by Gasteiger charge is 2.15. The molecule has 110 valence electrons. The Morgan fingerprint density at radius 2 is 1.80 bits per heavy atom. The topological polar surface area (TPSA) is 55.4 Å². The zero-order valence-electron chi connectivity index (χ0n) is 12.4. The molecule has 1 aromatic carbocycles. The van der Waals surface area contributed by atoms with Crippen molar-refractivity contribution in [3.63, 3.8) is 0 Å². The fraction of sp³-hybridized carbons (Fsp3) is 0.500. The summed E-state index contributed by atoms with van der Waals surface area (Å²) in [6, 6.07) is 9.42. The van der Waals surface area contributed by atoms with E-state index in [0.29, 0.717) is 5.92 Å². The molecule has 4 nitrogen and oxygen atoms in total. The summed E-state index contributed by atoms with van der Waals surface area (Å²) in [5.41, 5.74) is 0.919. The zero-order chi connectivity index (χ0) is 15.0. The van der Waals surface area contributed by atoms with E-state index in [2.05, 4.69) is 19.2 Å². The van der Waals surface area contributed by atoms with Gasteiger partial charge >= 0.3 is 6.09 Å². The third-order valence-corrected chi connectivity index (χ3v) is 2.99. The fourth-order valence-electron chi connectivity index (χ4n) is 1.95. The lowest BCUT2D eigenvalue weighted by Gasteiger charge is -2.13. The maximum Gasteiger partial charge on any atom is 0.407 e. The Morgan fingerprint density at radius 1 is 1.15 bits per heavy atom. The van der Waals surface area contributed by atoms with Crippen molar-refractivity contribution in [1.82, 2.24) is 5.32 Å². The number of nitrogens with one attached hydrogen (secondary N) is 1. The lowest BCUT2D eigenvalue weighted by atomic mass is 9.95. The highest BCUT2D eigenvalue weighted by Crippen LogP contribution is 2.11. The predicted octanol–water partition coefficient (Wildman–Crippen LogP) is 3.16. The van der Waals surface area contributed by atoms with Crippen LogP contribution in [0.25, 0.3) is 0 Å². The summed E-state index contributed by atoms with van der Waals surface area (Å²) < 4.78 is 5.04. The molecule has 0 saturated heterocycles. The van der Waals surface area contributed by atoms with Crippen molar-refractivity contribution in [3.8, 4) is 0 Å². The van der Waals surface area contributed by atoms with Crippen molar-refractivity contribution in [2.24, 2.45) is 11.8 Å². The molecule has 0 heterocycles. The predicted molar refractivity (Wildman–Crippen MR) is 78.3 cm³/mol. The normalized spacial score (nSPS) is 12.0. The number of carbonyl (C=O) groups is 2. The molecular weight excluding hydrogens is 254 g/mol. The van der Waals surface area contributed by atoms with Crippen LogP contribution in [-0.2, 0) is 16.1 Å². The smallest absolute Gasteiger partial charge is 0.407 e. The number of carbonyl (C=O) groups excluding carboxylic acids is 2. The van der Waals surface area contributed by atoms with Gasteiger partial charge in [0.05, 0.1) is 6.54 Å². The van der Waals surface area contributed by atoms with E-state index in [1.807, 2.05) is 37.3 Å². The standard InChI is InChI=1S/C16H23NO3/c1-12(2)9-13(3)15(18)10-17-16(19)20-11-14-7-5-4-6-8-14/h4-8,12-13H,9-11H2,1-3H3,(H,17,19). The van der Waals surface area contributed by atoms with Gasteiger partial charge in [0.1, 0.15) is 6.61 Å². The van der Waals surface area contributed by atoms with E-state index >= 15 is 0 Å². The van der Waals surface area contributed by atoms with E-state index in [1.54, 1.807) is 0 Å². The van der Waals surface area contributed by atoms with Crippen molar-refractivity contribution in [1.29, 1.82) is 0 Å². The summed E-state index contributed by atoms with van der Waals surface area (Å²) in [7, 11) is 0. The van der Waals surface area contributed by atoms with Crippen LogP contribution in [-0.4, -0.2) is 18.4 Å². The van der Waals surface area contributed by atoms with Crippen molar-refractivity contribution >= 4 is 11.9 Å². The highest BCUT2D eigenvalue weighted by molar-refractivity contribution is 5.85. The lowest BCUT2D eigenvalue weighted by molar-refractivity contribution is -0.121. The summed E-state index contributed by atoms with van der Waals surface area (Å²) in [5.74, 6) is 0.471. The minimum absolute atomic E-state index is 0.0293. The molecule has 0 bridgehead atoms. The number of amides is 1. The van der Waals surface area contributed by atoms with Gasteiger partial charge in [-0.1, -0.05) is 51.1 Å². The van der Waals surface area contributed by atoms with Gasteiger partial charge in [-0.15, -0.1) is 0 Å². The van der Waals surface area contributed by atoms with Crippen LogP contribution in [0.3, 0.4) is 0 Å². The monoisotopic (exact) mass is 277 g/mol. The molecule has 0 aliphatic carbocycles. The van der Waals surface area contributed by atoms with Crippen LogP contribution in [0.2, 0.25) is 0 Å². The van der Waals surface area contributed by atoms with Gasteiger partial charge in [0.15, 0.2) is 5.78 Å². The average Bonchev–Trinajstić information content (AvgIpc) is 2.42. The Bertz CT molecular complexity index is 429. The molecule has 0 aromatic heterocycles. The zero-order valence-corrected chi connectivity index (χ0v) is 12.4. The van der Waals surface area contributed by atoms with Crippen molar-refractivity contribution in [2.45, 2.75) is 33.8 Å². The summed E-state index contributed by atoms with van der Waals surface area (Å²) in [6.45, 7) is 6.28. The molecule has 1 amide bonds. The van der Waals surface area contributed by atoms with Gasteiger partial charge in [-0.2, -0.15) is 0 Å². The second-order valence-electron chi connectivity index (χ2n) is 5.41. The van der Waals surface area contributed by atoms with Gasteiger partial charge in [-0.25, -0.2) is 4.79 Å². The molecule has 1 N–H and O–H groups in total. The molecule has 0 aliphatic heterocycles. The Kier molecular flexibility index (Phi) is 6.77. The van der Waals surface area contributed by atoms with Crippen LogP contribution >= 0.6 is 0 Å². The molecule has 0 saturated carbocycles. The summed E-state index contributed by atoms with van der Waals surface area (Å²) >= 11 is 0. The van der Waals surface area contributed by atoms with Crippen molar-refractivity contribution in [2.75, 3.05) is 6.54 Å². The Labute approximate surface area is 120 Å². The first kappa shape index (κ1) is 16.2. The van der Waals surface area contributed by atoms with E-state index in [4.69, 9.17) is 4.74 Å². The van der Waals surface area contributed by atoms with Gasteiger partial charge in [0, 0.05) is 5.92 Å². The highest BCUT2D eigenvalue weighted by atomic mass is 16.5. The first-order chi connectivity index (χ1) is 9.49. The minimum atomic E-state index is -0.557. The van der Waals surface area contributed by atoms with Crippen molar-refractivity contribution in [3.05, 3.63) is 35.9 Å². The molecule has 1 rings (SSSR count). The van der Waals surface area contributed by atoms with Crippen LogP contribution in [0, 0.1) is 11.8 Å². The maximum absolute atomic E-state index is 11.8. The second-order valence-corrected chi connectivity index (χ2v) is 5.41. The number of hydrogen-bond donors (Lipinski definition) is 1. The van der Waals surface area contributed by atoms with Crippen LogP contribution in [0.5, 0.6) is 0 Å². The number of rotatable bonds is 7. The molecule has 1 unspecified atom stereocenters. The fourth-order valence-corrected chi connectivity index (χ4v) is 1.95. The van der Waals surface area contributed by atoms with E-state index in [0.717, 1.165) is 12.0 Å². The first-order valence-electron chi connectivity index (χ1n) is 6.96. The lowest BCUT2D eigenvalue weighted by Crippen LogP contribution is -2.32. The van der Waals surface area contributed by atoms with Crippen LogP contribution in [0.4, 0.5) is 4.79 Å². The van der Waals surface area contributed by atoms with Crippen LogP contribution in [0.1, 0.15) is 32.8 Å². The molecule has 4 heteroatoms. The first-order valence-corrected chi connectivity index (χ1v) is 6.96. The minimum Gasteiger partial charge on any atom is -0.445 e. The molecule has 20 heavy (non-hydrogen) atoms. The number of ether oxygens (including phenoxy) is 1. The average molecular weight is 277 g/mol. The van der Waals surface area contributed by atoms with Crippen LogP contribution in [0.15, 0.2) is 30.3 Å². The third kappa shape index (κ3) is 6.36. The largest absolute Gasteiger partial charge is 0.445 e. The Morgan fingerprint density at radius 3 is 2.40 bits per heavy atom. The van der Waals surface area contributed by atoms with Gasteiger partial charge in [0.2, 0.25) is 0 Å². The molecule has 0 aliphatic rings. The SMILES string of the molecule is CC(C)CC(C)C(=O)CNC(=O)OCc1ccccc1.